The fourth-order valence-electron chi connectivity index (χ4n) is 2.26. The van der Waals surface area contributed by atoms with Gasteiger partial charge in [-0.2, -0.15) is 0 Å². The van der Waals surface area contributed by atoms with Gasteiger partial charge in [0.25, 0.3) is 5.91 Å². The van der Waals surface area contributed by atoms with Crippen LogP contribution in [0.4, 0.5) is 10.1 Å². The molecule has 0 spiro atoms. The number of rotatable bonds is 7. The van der Waals surface area contributed by atoms with Crippen LogP contribution >= 0.6 is 0 Å². The predicted octanol–water partition coefficient (Wildman–Crippen LogP) is 2.70. The van der Waals surface area contributed by atoms with E-state index in [4.69, 9.17) is 4.74 Å². The molecule has 28 heavy (non-hydrogen) atoms. The van der Waals surface area contributed by atoms with Crippen LogP contribution in [0, 0.1) is 5.82 Å². The topological polar surface area (TPSA) is 102 Å². The van der Waals surface area contributed by atoms with Crippen LogP contribution in [-0.2, 0) is 19.6 Å². The van der Waals surface area contributed by atoms with E-state index < -0.39 is 33.8 Å². The lowest BCUT2D eigenvalue weighted by molar-refractivity contribution is -0.123. The van der Waals surface area contributed by atoms with Gasteiger partial charge in [-0.05, 0) is 57.2 Å². The Labute approximate surface area is 163 Å². The number of amides is 1. The van der Waals surface area contributed by atoms with Crippen molar-refractivity contribution in [2.45, 2.75) is 37.8 Å². The van der Waals surface area contributed by atoms with Crippen molar-refractivity contribution in [3.8, 4) is 0 Å². The van der Waals surface area contributed by atoms with Gasteiger partial charge in [0.2, 0.25) is 10.0 Å². The number of sulfonamides is 1. The van der Waals surface area contributed by atoms with Crippen LogP contribution in [0.25, 0.3) is 0 Å². The summed E-state index contributed by atoms with van der Waals surface area (Å²) in [6.45, 7) is 4.70. The van der Waals surface area contributed by atoms with E-state index in [1.807, 2.05) is 0 Å². The molecule has 2 aromatic rings. The number of halogens is 1. The minimum Gasteiger partial charge on any atom is -0.449 e. The van der Waals surface area contributed by atoms with Crippen molar-refractivity contribution >= 4 is 27.6 Å². The number of carbonyl (C=O) groups excluding carboxylic acids is 2. The van der Waals surface area contributed by atoms with E-state index in [2.05, 4.69) is 10.0 Å². The van der Waals surface area contributed by atoms with Gasteiger partial charge in [-0.15, -0.1) is 0 Å². The van der Waals surface area contributed by atoms with Crippen LogP contribution in [0.3, 0.4) is 0 Å². The largest absolute Gasteiger partial charge is 0.449 e. The average Bonchev–Trinajstić information content (AvgIpc) is 2.60. The van der Waals surface area contributed by atoms with Crippen molar-refractivity contribution < 1.29 is 27.1 Å². The second-order valence-electron chi connectivity index (χ2n) is 6.35. The van der Waals surface area contributed by atoms with Gasteiger partial charge in [-0.1, -0.05) is 12.1 Å². The highest BCUT2D eigenvalue weighted by molar-refractivity contribution is 7.89. The third kappa shape index (κ3) is 5.86. The molecule has 0 saturated heterocycles. The fourth-order valence-corrected chi connectivity index (χ4v) is 3.56. The second kappa shape index (κ2) is 8.94. The van der Waals surface area contributed by atoms with Crippen LogP contribution in [0.2, 0.25) is 0 Å². The highest BCUT2D eigenvalue weighted by Crippen LogP contribution is 2.15. The lowest BCUT2D eigenvalue weighted by atomic mass is 10.2. The van der Waals surface area contributed by atoms with Crippen LogP contribution in [-0.4, -0.2) is 32.4 Å². The SMILES string of the molecule is CC(C)NS(=O)(=O)c1cccc(C(=O)OC(C)C(=O)Nc2cccc(F)c2)c1. The standard InChI is InChI=1S/C19H21FN2O5S/c1-12(2)22-28(25,26)17-9-4-6-14(10-17)19(24)27-13(3)18(23)21-16-8-5-7-15(20)11-16/h4-13,22H,1-3H3,(H,21,23). The van der Waals surface area contributed by atoms with E-state index >= 15 is 0 Å². The van der Waals surface area contributed by atoms with Gasteiger partial charge in [0.15, 0.2) is 6.10 Å². The molecule has 1 amide bonds. The second-order valence-corrected chi connectivity index (χ2v) is 8.06. The molecule has 0 aliphatic carbocycles. The first kappa shape index (κ1) is 21.5. The first-order valence-electron chi connectivity index (χ1n) is 8.48. The van der Waals surface area contributed by atoms with E-state index in [0.29, 0.717) is 0 Å². The highest BCUT2D eigenvalue weighted by Gasteiger charge is 2.21. The van der Waals surface area contributed by atoms with E-state index in [0.717, 1.165) is 6.07 Å². The zero-order chi connectivity index (χ0) is 20.9. The van der Waals surface area contributed by atoms with Crippen molar-refractivity contribution in [3.63, 3.8) is 0 Å². The summed E-state index contributed by atoms with van der Waals surface area (Å²) in [5.74, 6) is -2.02. The maximum absolute atomic E-state index is 13.2. The summed E-state index contributed by atoms with van der Waals surface area (Å²) in [4.78, 5) is 24.3. The Kier molecular flexibility index (Phi) is 6.87. The molecule has 0 heterocycles. The number of carbonyl (C=O) groups is 2. The molecule has 2 aromatic carbocycles. The quantitative estimate of drug-likeness (QED) is 0.686. The molecule has 0 aromatic heterocycles. The number of benzene rings is 2. The normalized spacial score (nSPS) is 12.5. The summed E-state index contributed by atoms with van der Waals surface area (Å²) in [5.41, 5.74) is 0.206. The van der Waals surface area contributed by atoms with Gasteiger partial charge in [0.1, 0.15) is 5.82 Å². The van der Waals surface area contributed by atoms with Gasteiger partial charge in [0, 0.05) is 11.7 Å². The molecule has 150 valence electrons. The summed E-state index contributed by atoms with van der Waals surface area (Å²) in [7, 11) is -3.78. The first-order valence-corrected chi connectivity index (χ1v) is 9.96. The average molecular weight is 408 g/mol. The van der Waals surface area contributed by atoms with Crippen LogP contribution in [0.5, 0.6) is 0 Å². The molecule has 7 nitrogen and oxygen atoms in total. The van der Waals surface area contributed by atoms with Crippen molar-refractivity contribution in [2.75, 3.05) is 5.32 Å². The molecule has 2 rings (SSSR count). The number of hydrogen-bond acceptors (Lipinski definition) is 5. The Balaban J connectivity index is 2.08. The van der Waals surface area contributed by atoms with Crippen molar-refractivity contribution in [1.82, 2.24) is 4.72 Å². The number of nitrogens with one attached hydrogen (secondary N) is 2. The molecule has 1 atom stereocenters. The van der Waals surface area contributed by atoms with Gasteiger partial charge >= 0.3 is 5.97 Å². The molecule has 0 bridgehead atoms. The third-order valence-electron chi connectivity index (χ3n) is 3.52. The molecule has 0 saturated carbocycles. The van der Waals surface area contributed by atoms with Crippen molar-refractivity contribution in [1.29, 1.82) is 0 Å². The molecule has 0 aliphatic rings. The summed E-state index contributed by atoms with van der Waals surface area (Å²) < 4.78 is 45.1. The fraction of sp³-hybridized carbons (Fsp3) is 0.263. The number of ether oxygens (including phenoxy) is 1. The minimum atomic E-state index is -3.78. The Morgan fingerprint density at radius 3 is 2.36 bits per heavy atom. The Morgan fingerprint density at radius 1 is 1.04 bits per heavy atom. The highest BCUT2D eigenvalue weighted by atomic mass is 32.2. The Bertz CT molecular complexity index is 976. The maximum Gasteiger partial charge on any atom is 0.338 e. The summed E-state index contributed by atoms with van der Waals surface area (Å²) in [5, 5.41) is 2.43. The lowest BCUT2D eigenvalue weighted by Gasteiger charge is -2.14. The smallest absolute Gasteiger partial charge is 0.338 e. The maximum atomic E-state index is 13.2. The van der Waals surface area contributed by atoms with Crippen LogP contribution in [0.15, 0.2) is 53.4 Å². The molecule has 0 aliphatic heterocycles. The zero-order valence-corrected chi connectivity index (χ0v) is 16.4. The molecular weight excluding hydrogens is 387 g/mol. The van der Waals surface area contributed by atoms with E-state index in [9.17, 15) is 22.4 Å². The number of esters is 1. The molecular formula is C19H21FN2O5S. The summed E-state index contributed by atoms with van der Waals surface area (Å²) in [6.07, 6.45) is -1.18. The van der Waals surface area contributed by atoms with E-state index in [-0.39, 0.29) is 22.2 Å². The molecule has 2 N–H and O–H groups in total. The Hall–Kier alpha value is -2.78. The van der Waals surface area contributed by atoms with Crippen LogP contribution in [0.1, 0.15) is 31.1 Å². The lowest BCUT2D eigenvalue weighted by Crippen LogP contribution is -2.31. The van der Waals surface area contributed by atoms with Crippen molar-refractivity contribution in [3.05, 3.63) is 59.9 Å². The third-order valence-corrected chi connectivity index (χ3v) is 5.17. The number of anilines is 1. The van der Waals surface area contributed by atoms with Gasteiger partial charge < -0.3 is 10.1 Å². The first-order chi connectivity index (χ1) is 13.1. The zero-order valence-electron chi connectivity index (χ0n) is 15.6. The van der Waals surface area contributed by atoms with Gasteiger partial charge in [-0.3, -0.25) is 4.79 Å². The minimum absolute atomic E-state index is 0.0166. The molecule has 9 heteroatoms. The van der Waals surface area contributed by atoms with E-state index in [1.165, 1.54) is 49.4 Å². The van der Waals surface area contributed by atoms with E-state index in [1.54, 1.807) is 13.8 Å². The predicted molar refractivity (Wildman–Crippen MR) is 102 cm³/mol. The van der Waals surface area contributed by atoms with Crippen LogP contribution < -0.4 is 10.0 Å². The Morgan fingerprint density at radius 2 is 1.71 bits per heavy atom. The summed E-state index contributed by atoms with van der Waals surface area (Å²) >= 11 is 0. The number of hydrogen-bond donors (Lipinski definition) is 2. The monoisotopic (exact) mass is 408 g/mol. The van der Waals surface area contributed by atoms with Gasteiger partial charge in [0.05, 0.1) is 10.5 Å². The summed E-state index contributed by atoms with van der Waals surface area (Å²) in [6, 6.07) is 10.3. The molecule has 0 radical (unpaired) electrons. The van der Waals surface area contributed by atoms with Crippen molar-refractivity contribution in [2.24, 2.45) is 0 Å². The van der Waals surface area contributed by atoms with Gasteiger partial charge in [-0.25, -0.2) is 22.3 Å². The molecule has 0 fully saturated rings. The molecule has 1 unspecified atom stereocenters.